The quantitative estimate of drug-likeness (QED) is 0.268. The van der Waals surface area contributed by atoms with E-state index in [1.54, 1.807) is 6.20 Å². The highest BCUT2D eigenvalue weighted by atomic mass is 15.1. The molecule has 4 heterocycles. The van der Waals surface area contributed by atoms with Crippen LogP contribution < -0.4 is 0 Å². The van der Waals surface area contributed by atoms with Crippen molar-refractivity contribution in [3.05, 3.63) is 114 Å². The number of fused-ring (bicyclic) bond motifs is 3. The molecule has 5 heteroatoms. The van der Waals surface area contributed by atoms with Crippen LogP contribution in [-0.4, -0.2) is 25.1 Å². The van der Waals surface area contributed by atoms with E-state index >= 15 is 0 Å². The summed E-state index contributed by atoms with van der Waals surface area (Å²) >= 11 is 0. The van der Waals surface area contributed by atoms with Crippen LogP contribution in [0.2, 0.25) is 0 Å². The maximum atomic E-state index is 4.61. The largest absolute Gasteiger partial charge is 0.355 e. The first kappa shape index (κ1) is 21.5. The van der Waals surface area contributed by atoms with Crippen LogP contribution >= 0.6 is 0 Å². The molecule has 0 unspecified atom stereocenters. The minimum atomic E-state index is 0.745. The SMILES string of the molecule is C=Cc1[nH]c2cccc-2cc1/C=C/c1ccc2c(/C=C/c3cc4cccc-4[nH]c3C=C)nnc-2cn1. The molecule has 172 valence electrons. The molecule has 0 aromatic carbocycles. The normalized spacial score (nSPS) is 11.9. The van der Waals surface area contributed by atoms with Gasteiger partial charge in [-0.1, -0.05) is 49.6 Å². The summed E-state index contributed by atoms with van der Waals surface area (Å²) in [6, 6.07) is 20.7. The molecule has 2 aliphatic carbocycles. The summed E-state index contributed by atoms with van der Waals surface area (Å²) in [6.45, 7) is 7.88. The van der Waals surface area contributed by atoms with Gasteiger partial charge < -0.3 is 9.97 Å². The molecule has 0 saturated heterocycles. The Morgan fingerprint density at radius 2 is 1.31 bits per heavy atom. The molecule has 0 spiro atoms. The minimum absolute atomic E-state index is 0.745. The van der Waals surface area contributed by atoms with Crippen molar-refractivity contribution >= 4 is 36.5 Å². The number of nitrogens with one attached hydrogen (secondary N) is 2. The second-order valence-electron chi connectivity index (χ2n) is 8.54. The van der Waals surface area contributed by atoms with E-state index in [9.17, 15) is 0 Å². The molecule has 0 radical (unpaired) electrons. The van der Waals surface area contributed by atoms with Gasteiger partial charge in [0.2, 0.25) is 0 Å². The van der Waals surface area contributed by atoms with Gasteiger partial charge >= 0.3 is 0 Å². The zero-order valence-corrected chi connectivity index (χ0v) is 19.6. The third-order valence-electron chi connectivity index (χ3n) is 6.32. The maximum Gasteiger partial charge on any atom is 0.113 e. The third-order valence-corrected chi connectivity index (χ3v) is 6.32. The Labute approximate surface area is 209 Å². The fourth-order valence-electron chi connectivity index (χ4n) is 4.41. The molecule has 0 aromatic rings. The van der Waals surface area contributed by atoms with Crippen molar-refractivity contribution in [1.29, 1.82) is 0 Å². The molecule has 6 aliphatic rings. The fourth-order valence-corrected chi connectivity index (χ4v) is 4.41. The molecular formula is C31H23N5. The lowest BCUT2D eigenvalue weighted by Gasteiger charge is -2.07. The molecule has 0 fully saturated rings. The first-order chi connectivity index (χ1) is 17.7. The van der Waals surface area contributed by atoms with E-state index in [0.29, 0.717) is 0 Å². The molecule has 5 nitrogen and oxygen atoms in total. The number of H-pyrrole nitrogens is 2. The van der Waals surface area contributed by atoms with Crippen molar-refractivity contribution in [2.45, 2.75) is 0 Å². The van der Waals surface area contributed by atoms with Crippen molar-refractivity contribution in [3.8, 4) is 33.8 Å². The molecule has 0 amide bonds. The highest BCUT2D eigenvalue weighted by Crippen LogP contribution is 2.28. The van der Waals surface area contributed by atoms with E-state index < -0.39 is 0 Å². The number of aromatic nitrogens is 5. The number of nitrogens with zero attached hydrogens (tertiary/aromatic N) is 3. The van der Waals surface area contributed by atoms with Crippen LogP contribution in [0.4, 0.5) is 0 Å². The smallest absolute Gasteiger partial charge is 0.113 e. The van der Waals surface area contributed by atoms with Crippen molar-refractivity contribution < 1.29 is 0 Å². The predicted octanol–water partition coefficient (Wildman–Crippen LogP) is 7.47. The number of hydrogen-bond donors (Lipinski definition) is 2. The monoisotopic (exact) mass is 465 g/mol. The van der Waals surface area contributed by atoms with Gasteiger partial charge in [0.25, 0.3) is 0 Å². The Kier molecular flexibility index (Phi) is 5.35. The summed E-state index contributed by atoms with van der Waals surface area (Å²) in [5.74, 6) is 0. The predicted molar refractivity (Wildman–Crippen MR) is 149 cm³/mol. The van der Waals surface area contributed by atoms with Crippen molar-refractivity contribution in [2.24, 2.45) is 0 Å². The van der Waals surface area contributed by atoms with E-state index in [4.69, 9.17) is 0 Å². The zero-order valence-electron chi connectivity index (χ0n) is 19.6. The molecule has 0 aromatic heterocycles. The van der Waals surface area contributed by atoms with Gasteiger partial charge in [0, 0.05) is 28.3 Å². The molecule has 0 atom stereocenters. The van der Waals surface area contributed by atoms with Gasteiger partial charge in [0.1, 0.15) is 5.69 Å². The average Bonchev–Trinajstić information content (AvgIpc) is 3.62. The lowest BCUT2D eigenvalue weighted by Crippen LogP contribution is -1.90. The van der Waals surface area contributed by atoms with Gasteiger partial charge in [-0.05, 0) is 83.0 Å². The van der Waals surface area contributed by atoms with E-state index in [0.717, 1.165) is 67.7 Å². The molecule has 0 saturated carbocycles. The second-order valence-corrected chi connectivity index (χ2v) is 8.54. The standard InChI is InChI=1S/C31H23N5/c1-3-26-22(17-20-7-5-9-28(20)33-26)11-13-24-14-15-25-30(35-36-31(25)19-32-24)16-12-23-18-21-8-6-10-29(21)34-27(23)4-2/h3-19,33-34H,1-2H2/b13-11+,16-12+. The summed E-state index contributed by atoms with van der Waals surface area (Å²) in [4.78, 5) is 11.4. The van der Waals surface area contributed by atoms with Crippen LogP contribution in [0.15, 0.2) is 80.0 Å². The highest BCUT2D eigenvalue weighted by molar-refractivity contribution is 5.82. The minimum Gasteiger partial charge on any atom is -0.355 e. The van der Waals surface area contributed by atoms with Gasteiger partial charge in [-0.2, -0.15) is 0 Å². The zero-order chi connectivity index (χ0) is 24.5. The van der Waals surface area contributed by atoms with Gasteiger partial charge in [-0.3, -0.25) is 4.98 Å². The number of hydrogen-bond acceptors (Lipinski definition) is 3. The number of rotatable bonds is 6. The van der Waals surface area contributed by atoms with Gasteiger partial charge in [0.05, 0.1) is 17.6 Å². The number of pyridine rings is 2. The summed E-state index contributed by atoms with van der Waals surface area (Å²) in [5.41, 5.74) is 11.8. The van der Waals surface area contributed by atoms with Crippen LogP contribution in [0.5, 0.6) is 0 Å². The Balaban J connectivity index is 1.31. The van der Waals surface area contributed by atoms with E-state index in [1.807, 2.05) is 60.7 Å². The van der Waals surface area contributed by atoms with Crippen molar-refractivity contribution in [1.82, 2.24) is 25.1 Å². The first-order valence-electron chi connectivity index (χ1n) is 11.7. The van der Waals surface area contributed by atoms with Crippen LogP contribution in [0, 0.1) is 0 Å². The second kappa shape index (κ2) is 8.96. The topological polar surface area (TPSA) is 70.2 Å². The Morgan fingerprint density at radius 1 is 0.667 bits per heavy atom. The van der Waals surface area contributed by atoms with E-state index in [-0.39, 0.29) is 0 Å². The average molecular weight is 466 g/mol. The van der Waals surface area contributed by atoms with Crippen molar-refractivity contribution in [2.75, 3.05) is 0 Å². The number of aromatic amines is 2. The highest BCUT2D eigenvalue weighted by Gasteiger charge is 2.12. The van der Waals surface area contributed by atoms with Gasteiger partial charge in [-0.15, -0.1) is 10.2 Å². The first-order valence-corrected chi connectivity index (χ1v) is 11.7. The van der Waals surface area contributed by atoms with Crippen LogP contribution in [-0.2, 0) is 0 Å². The molecule has 4 aliphatic heterocycles. The van der Waals surface area contributed by atoms with Crippen molar-refractivity contribution in [3.63, 3.8) is 0 Å². The van der Waals surface area contributed by atoms with E-state index in [2.05, 4.69) is 74.7 Å². The molecule has 6 rings (SSSR count). The summed E-state index contributed by atoms with van der Waals surface area (Å²) < 4.78 is 0. The van der Waals surface area contributed by atoms with Gasteiger partial charge in [-0.25, -0.2) is 0 Å². The Morgan fingerprint density at radius 3 is 1.94 bits per heavy atom. The van der Waals surface area contributed by atoms with Gasteiger partial charge in [0.15, 0.2) is 0 Å². The van der Waals surface area contributed by atoms with Crippen LogP contribution in [0.25, 0.3) is 70.2 Å². The summed E-state index contributed by atoms with van der Waals surface area (Å²) in [5, 5.41) is 8.71. The lowest BCUT2D eigenvalue weighted by molar-refractivity contribution is 1.08. The Hall–Kier alpha value is -5.03. The van der Waals surface area contributed by atoms with Crippen LogP contribution in [0.1, 0.15) is 33.9 Å². The molecule has 2 N–H and O–H groups in total. The Bertz CT molecular complexity index is 1680. The summed E-state index contributed by atoms with van der Waals surface area (Å²) in [7, 11) is 0. The van der Waals surface area contributed by atoms with E-state index in [1.165, 1.54) is 0 Å². The molecule has 0 bridgehead atoms. The fraction of sp³-hybridized carbons (Fsp3) is 0. The van der Waals surface area contributed by atoms with Crippen LogP contribution in [0.3, 0.4) is 0 Å². The maximum absolute atomic E-state index is 4.61. The molecule has 36 heavy (non-hydrogen) atoms. The lowest BCUT2D eigenvalue weighted by atomic mass is 10.1. The third kappa shape index (κ3) is 3.93. The molecular weight excluding hydrogens is 442 g/mol. The summed E-state index contributed by atoms with van der Waals surface area (Å²) in [6.07, 6.45) is 13.5.